The summed E-state index contributed by atoms with van der Waals surface area (Å²) in [5.41, 5.74) is 6.43. The predicted molar refractivity (Wildman–Crippen MR) is 75.7 cm³/mol. The number of thiophene rings is 1. The van der Waals surface area contributed by atoms with Gasteiger partial charge in [0.1, 0.15) is 4.90 Å². The summed E-state index contributed by atoms with van der Waals surface area (Å²) in [6.07, 6.45) is -0.0776. The lowest BCUT2D eigenvalue weighted by Gasteiger charge is -2.35. The van der Waals surface area contributed by atoms with Crippen LogP contribution in [0.5, 0.6) is 0 Å². The second kappa shape index (κ2) is 5.49. The molecule has 0 bridgehead atoms. The van der Waals surface area contributed by atoms with E-state index in [0.29, 0.717) is 18.0 Å². The monoisotopic (exact) mass is 304 g/mol. The summed E-state index contributed by atoms with van der Waals surface area (Å²) in [6.45, 7) is 6.65. The van der Waals surface area contributed by atoms with Gasteiger partial charge in [0.25, 0.3) is 0 Å². The molecule has 0 aromatic carbocycles. The van der Waals surface area contributed by atoms with E-state index in [-0.39, 0.29) is 18.7 Å². The third-order valence-electron chi connectivity index (χ3n) is 3.29. The van der Waals surface area contributed by atoms with Gasteiger partial charge in [-0.3, -0.25) is 0 Å². The molecule has 1 aliphatic heterocycles. The molecule has 7 heteroatoms. The van der Waals surface area contributed by atoms with Gasteiger partial charge in [0, 0.05) is 24.0 Å². The molecule has 0 saturated carbocycles. The summed E-state index contributed by atoms with van der Waals surface area (Å²) < 4.78 is 32.7. The number of nitrogens with zero attached hydrogens (tertiary/aromatic N) is 1. The number of rotatable bonds is 3. The zero-order valence-corrected chi connectivity index (χ0v) is 13.1. The minimum atomic E-state index is -3.49. The van der Waals surface area contributed by atoms with Crippen molar-refractivity contribution in [2.75, 3.05) is 13.2 Å². The SMILES string of the molecule is Cc1csc(CN)c1S(=O)(=O)N1CC(C)OCC1C. The topological polar surface area (TPSA) is 72.6 Å². The second-order valence-corrected chi connectivity index (χ2v) is 7.73. The lowest BCUT2D eigenvalue weighted by molar-refractivity contribution is -0.0170. The highest BCUT2D eigenvalue weighted by molar-refractivity contribution is 7.89. The third-order valence-corrected chi connectivity index (χ3v) is 6.76. The molecule has 2 rings (SSSR count). The van der Waals surface area contributed by atoms with Crippen LogP contribution in [0.4, 0.5) is 0 Å². The van der Waals surface area contributed by atoms with Crippen molar-refractivity contribution >= 4 is 21.4 Å². The van der Waals surface area contributed by atoms with E-state index < -0.39 is 10.0 Å². The van der Waals surface area contributed by atoms with Gasteiger partial charge in [-0.15, -0.1) is 11.3 Å². The zero-order chi connectivity index (χ0) is 14.2. The van der Waals surface area contributed by atoms with Crippen LogP contribution in [0.15, 0.2) is 10.3 Å². The average molecular weight is 304 g/mol. The molecular weight excluding hydrogens is 284 g/mol. The van der Waals surface area contributed by atoms with E-state index >= 15 is 0 Å². The normalized spacial score (nSPS) is 25.7. The van der Waals surface area contributed by atoms with Crippen LogP contribution in [0.25, 0.3) is 0 Å². The summed E-state index contributed by atoms with van der Waals surface area (Å²) in [6, 6.07) is -0.147. The van der Waals surface area contributed by atoms with Gasteiger partial charge in [-0.25, -0.2) is 8.42 Å². The van der Waals surface area contributed by atoms with E-state index in [9.17, 15) is 8.42 Å². The zero-order valence-electron chi connectivity index (χ0n) is 11.4. The number of ether oxygens (including phenoxy) is 1. The first kappa shape index (κ1) is 14.9. The van der Waals surface area contributed by atoms with Crippen molar-refractivity contribution in [1.29, 1.82) is 0 Å². The number of sulfonamides is 1. The van der Waals surface area contributed by atoms with Crippen LogP contribution in [0, 0.1) is 6.92 Å². The molecule has 0 aliphatic carbocycles. The highest BCUT2D eigenvalue weighted by atomic mass is 32.2. The average Bonchev–Trinajstić information content (AvgIpc) is 2.74. The fraction of sp³-hybridized carbons (Fsp3) is 0.667. The van der Waals surface area contributed by atoms with E-state index in [1.807, 2.05) is 26.2 Å². The molecule has 1 aromatic rings. The van der Waals surface area contributed by atoms with Gasteiger partial charge in [-0.2, -0.15) is 4.31 Å². The Morgan fingerprint density at radius 1 is 1.53 bits per heavy atom. The molecule has 2 atom stereocenters. The molecule has 108 valence electrons. The van der Waals surface area contributed by atoms with Crippen LogP contribution in [-0.2, 0) is 21.3 Å². The molecule has 19 heavy (non-hydrogen) atoms. The quantitative estimate of drug-likeness (QED) is 0.914. The highest BCUT2D eigenvalue weighted by Crippen LogP contribution is 2.31. The van der Waals surface area contributed by atoms with Crippen molar-refractivity contribution in [1.82, 2.24) is 4.31 Å². The smallest absolute Gasteiger partial charge is 0.244 e. The van der Waals surface area contributed by atoms with Crippen LogP contribution in [0.1, 0.15) is 24.3 Å². The van der Waals surface area contributed by atoms with Crippen molar-refractivity contribution < 1.29 is 13.2 Å². The Labute approximate surface area is 118 Å². The Morgan fingerprint density at radius 3 is 2.84 bits per heavy atom. The van der Waals surface area contributed by atoms with Gasteiger partial charge >= 0.3 is 0 Å². The number of morpholine rings is 1. The molecular formula is C12H20N2O3S2. The number of aryl methyl sites for hydroxylation is 1. The summed E-state index contributed by atoms with van der Waals surface area (Å²) in [4.78, 5) is 1.12. The van der Waals surface area contributed by atoms with E-state index in [4.69, 9.17) is 10.5 Å². The second-order valence-electron chi connectivity index (χ2n) is 4.94. The molecule has 0 spiro atoms. The largest absolute Gasteiger partial charge is 0.375 e. The maximum atomic E-state index is 12.8. The van der Waals surface area contributed by atoms with Crippen molar-refractivity contribution in [3.8, 4) is 0 Å². The molecule has 1 aromatic heterocycles. The predicted octanol–water partition coefficient (Wildman–Crippen LogP) is 1.31. The van der Waals surface area contributed by atoms with E-state index in [1.165, 1.54) is 15.6 Å². The van der Waals surface area contributed by atoms with Gasteiger partial charge in [0.2, 0.25) is 10.0 Å². The van der Waals surface area contributed by atoms with Crippen molar-refractivity contribution in [2.45, 2.75) is 44.4 Å². The maximum absolute atomic E-state index is 12.8. The Balaban J connectivity index is 2.44. The number of hydrogen-bond donors (Lipinski definition) is 1. The summed E-state index contributed by atoms with van der Waals surface area (Å²) in [5, 5.41) is 1.85. The Morgan fingerprint density at radius 2 is 2.21 bits per heavy atom. The molecule has 0 amide bonds. The van der Waals surface area contributed by atoms with Crippen LogP contribution in [0.2, 0.25) is 0 Å². The molecule has 2 unspecified atom stereocenters. The lowest BCUT2D eigenvalue weighted by Crippen LogP contribution is -2.50. The van der Waals surface area contributed by atoms with Crippen LogP contribution in [0.3, 0.4) is 0 Å². The first-order valence-corrected chi connectivity index (χ1v) is 8.60. The molecule has 1 fully saturated rings. The van der Waals surface area contributed by atoms with E-state index in [2.05, 4.69) is 0 Å². The lowest BCUT2D eigenvalue weighted by atomic mass is 10.2. The first-order chi connectivity index (χ1) is 8.87. The van der Waals surface area contributed by atoms with E-state index in [1.54, 1.807) is 0 Å². The molecule has 1 aliphatic rings. The van der Waals surface area contributed by atoms with Gasteiger partial charge in [0.15, 0.2) is 0 Å². The summed E-state index contributed by atoms with van der Waals surface area (Å²) in [7, 11) is -3.49. The minimum Gasteiger partial charge on any atom is -0.375 e. The molecule has 5 nitrogen and oxygen atoms in total. The number of nitrogens with two attached hydrogens (primary N) is 1. The van der Waals surface area contributed by atoms with E-state index in [0.717, 1.165) is 10.4 Å². The standard InChI is InChI=1S/C12H20N2O3S2/c1-8-7-18-11(4-13)12(8)19(15,16)14-5-10(3)17-6-9(14)2/h7,9-10H,4-6,13H2,1-3H3. The van der Waals surface area contributed by atoms with Crippen molar-refractivity contribution in [3.63, 3.8) is 0 Å². The highest BCUT2D eigenvalue weighted by Gasteiger charge is 2.36. The van der Waals surface area contributed by atoms with Crippen LogP contribution in [-0.4, -0.2) is 38.0 Å². The fourth-order valence-electron chi connectivity index (χ4n) is 2.30. The summed E-state index contributed by atoms with van der Waals surface area (Å²) in [5.74, 6) is 0. The number of hydrogen-bond acceptors (Lipinski definition) is 5. The molecule has 1 saturated heterocycles. The van der Waals surface area contributed by atoms with Gasteiger partial charge in [-0.05, 0) is 31.7 Å². The third kappa shape index (κ3) is 2.71. The van der Waals surface area contributed by atoms with Crippen molar-refractivity contribution in [3.05, 3.63) is 15.8 Å². The van der Waals surface area contributed by atoms with Gasteiger partial charge in [0.05, 0.1) is 12.7 Å². The van der Waals surface area contributed by atoms with Gasteiger partial charge < -0.3 is 10.5 Å². The Hall–Kier alpha value is -0.470. The molecule has 2 N–H and O–H groups in total. The van der Waals surface area contributed by atoms with Gasteiger partial charge in [-0.1, -0.05) is 0 Å². The van der Waals surface area contributed by atoms with Crippen molar-refractivity contribution in [2.24, 2.45) is 5.73 Å². The summed E-state index contributed by atoms with van der Waals surface area (Å²) >= 11 is 1.41. The Bertz CT molecular complexity index is 553. The first-order valence-electron chi connectivity index (χ1n) is 6.28. The maximum Gasteiger partial charge on any atom is 0.244 e. The van der Waals surface area contributed by atoms with Crippen LogP contribution >= 0.6 is 11.3 Å². The molecule has 0 radical (unpaired) electrons. The molecule has 2 heterocycles. The van der Waals surface area contributed by atoms with Crippen LogP contribution < -0.4 is 5.73 Å². The Kier molecular flexibility index (Phi) is 4.32. The minimum absolute atomic E-state index is 0.0776. The fourth-order valence-corrected chi connectivity index (χ4v) is 5.65.